The molecule has 0 bridgehead atoms. The number of hydrogen-bond donors (Lipinski definition) is 1. The van der Waals surface area contributed by atoms with E-state index in [1.54, 1.807) is 12.1 Å². The second-order valence-electron chi connectivity index (χ2n) is 6.71. The van der Waals surface area contributed by atoms with E-state index in [1.165, 1.54) is 23.5 Å². The van der Waals surface area contributed by atoms with Crippen LogP contribution >= 0.6 is 11.3 Å². The Morgan fingerprint density at radius 1 is 1.07 bits per heavy atom. The van der Waals surface area contributed by atoms with Gasteiger partial charge in [0, 0.05) is 30.1 Å². The van der Waals surface area contributed by atoms with Gasteiger partial charge in [-0.25, -0.2) is 4.39 Å². The first-order chi connectivity index (χ1) is 13.6. The summed E-state index contributed by atoms with van der Waals surface area (Å²) >= 11 is 1.48. The second kappa shape index (κ2) is 7.94. The average molecular weight is 394 g/mol. The van der Waals surface area contributed by atoms with E-state index in [0.717, 1.165) is 22.4 Å². The van der Waals surface area contributed by atoms with Crippen molar-refractivity contribution < 1.29 is 14.0 Å². The van der Waals surface area contributed by atoms with Crippen molar-refractivity contribution in [3.8, 4) is 0 Å². The zero-order valence-electron chi connectivity index (χ0n) is 15.2. The Morgan fingerprint density at radius 2 is 1.82 bits per heavy atom. The number of carbonyl (C=O) groups excluding carboxylic acids is 2. The van der Waals surface area contributed by atoms with E-state index < -0.39 is 0 Å². The van der Waals surface area contributed by atoms with Gasteiger partial charge in [0.2, 0.25) is 0 Å². The van der Waals surface area contributed by atoms with Gasteiger partial charge in [-0.15, -0.1) is 11.3 Å². The smallest absolute Gasteiger partial charge is 0.261 e. The molecule has 2 heterocycles. The minimum atomic E-state index is -0.296. The molecule has 6 heteroatoms. The summed E-state index contributed by atoms with van der Waals surface area (Å²) in [5, 5.41) is 2.87. The molecule has 0 spiro atoms. The summed E-state index contributed by atoms with van der Waals surface area (Å²) in [4.78, 5) is 28.8. The molecule has 2 aromatic carbocycles. The van der Waals surface area contributed by atoms with E-state index in [0.29, 0.717) is 30.1 Å². The van der Waals surface area contributed by atoms with Crippen molar-refractivity contribution in [3.05, 3.63) is 92.9 Å². The molecule has 2 amide bonds. The van der Waals surface area contributed by atoms with Crippen molar-refractivity contribution >= 4 is 23.2 Å². The number of fused-ring (bicyclic) bond motifs is 1. The van der Waals surface area contributed by atoms with Gasteiger partial charge in [-0.2, -0.15) is 0 Å². The highest BCUT2D eigenvalue weighted by Gasteiger charge is 2.25. The van der Waals surface area contributed by atoms with Crippen LogP contribution in [0.4, 0.5) is 4.39 Å². The minimum Gasteiger partial charge on any atom is -0.347 e. The number of hydrogen-bond acceptors (Lipinski definition) is 3. The van der Waals surface area contributed by atoms with Crippen LogP contribution in [-0.2, 0) is 19.5 Å². The number of benzene rings is 2. The highest BCUT2D eigenvalue weighted by atomic mass is 32.1. The highest BCUT2D eigenvalue weighted by molar-refractivity contribution is 7.14. The quantitative estimate of drug-likeness (QED) is 0.727. The minimum absolute atomic E-state index is 0.0137. The molecule has 1 aliphatic heterocycles. The SMILES string of the molecule is O=C(NCc1ccc(F)cc1)c1cc2c(s1)CCN(C(=O)c1ccccc1)C2. The largest absolute Gasteiger partial charge is 0.347 e. The molecule has 28 heavy (non-hydrogen) atoms. The Hall–Kier alpha value is -2.99. The fraction of sp³-hybridized carbons (Fsp3) is 0.182. The van der Waals surface area contributed by atoms with Crippen LogP contribution in [0.25, 0.3) is 0 Å². The Balaban J connectivity index is 1.41. The van der Waals surface area contributed by atoms with Crippen LogP contribution in [0.2, 0.25) is 0 Å². The molecule has 4 rings (SSSR count). The predicted molar refractivity (Wildman–Crippen MR) is 107 cm³/mol. The maximum Gasteiger partial charge on any atom is 0.261 e. The van der Waals surface area contributed by atoms with Crippen molar-refractivity contribution in [1.29, 1.82) is 0 Å². The predicted octanol–water partition coefficient (Wildman–Crippen LogP) is 4.02. The number of nitrogens with zero attached hydrogens (tertiary/aromatic N) is 1. The zero-order chi connectivity index (χ0) is 19.5. The first kappa shape index (κ1) is 18.4. The molecular weight excluding hydrogens is 375 g/mol. The third kappa shape index (κ3) is 3.97. The lowest BCUT2D eigenvalue weighted by Crippen LogP contribution is -2.35. The van der Waals surface area contributed by atoms with E-state index in [-0.39, 0.29) is 17.6 Å². The molecule has 0 saturated heterocycles. The maximum atomic E-state index is 13.0. The van der Waals surface area contributed by atoms with Gasteiger partial charge in [0.15, 0.2) is 0 Å². The van der Waals surface area contributed by atoms with Crippen molar-refractivity contribution in [2.75, 3.05) is 6.54 Å². The van der Waals surface area contributed by atoms with Crippen molar-refractivity contribution in [1.82, 2.24) is 10.2 Å². The molecule has 0 fully saturated rings. The van der Waals surface area contributed by atoms with Crippen LogP contribution < -0.4 is 5.32 Å². The summed E-state index contributed by atoms with van der Waals surface area (Å²) in [6, 6.07) is 17.2. The molecule has 0 unspecified atom stereocenters. The van der Waals surface area contributed by atoms with Crippen LogP contribution in [-0.4, -0.2) is 23.3 Å². The van der Waals surface area contributed by atoms with Gasteiger partial charge in [0.1, 0.15) is 5.82 Å². The van der Waals surface area contributed by atoms with Gasteiger partial charge >= 0.3 is 0 Å². The van der Waals surface area contributed by atoms with Gasteiger partial charge in [-0.1, -0.05) is 30.3 Å². The lowest BCUT2D eigenvalue weighted by atomic mass is 10.1. The lowest BCUT2D eigenvalue weighted by molar-refractivity contribution is 0.0736. The van der Waals surface area contributed by atoms with Crippen LogP contribution in [0.5, 0.6) is 0 Å². The van der Waals surface area contributed by atoms with Gasteiger partial charge in [0.05, 0.1) is 4.88 Å². The molecule has 142 valence electrons. The van der Waals surface area contributed by atoms with Gasteiger partial charge in [-0.3, -0.25) is 9.59 Å². The molecule has 0 aliphatic carbocycles. The summed E-state index contributed by atoms with van der Waals surface area (Å²) in [7, 11) is 0. The molecule has 1 aliphatic rings. The molecular formula is C22H19FN2O2S. The highest BCUT2D eigenvalue weighted by Crippen LogP contribution is 2.29. The summed E-state index contributed by atoms with van der Waals surface area (Å²) in [5.41, 5.74) is 2.56. The summed E-state index contributed by atoms with van der Waals surface area (Å²) < 4.78 is 13.0. The average Bonchev–Trinajstić information content (AvgIpc) is 3.16. The van der Waals surface area contributed by atoms with Gasteiger partial charge in [0.25, 0.3) is 11.8 Å². The lowest BCUT2D eigenvalue weighted by Gasteiger charge is -2.27. The Bertz CT molecular complexity index is 999. The topological polar surface area (TPSA) is 49.4 Å². The van der Waals surface area contributed by atoms with Crippen LogP contribution in [0.3, 0.4) is 0 Å². The molecule has 4 nitrogen and oxygen atoms in total. The van der Waals surface area contributed by atoms with E-state index in [2.05, 4.69) is 5.32 Å². The summed E-state index contributed by atoms with van der Waals surface area (Å²) in [6.45, 7) is 1.52. The second-order valence-corrected chi connectivity index (χ2v) is 7.85. The normalized spacial score (nSPS) is 13.1. The third-order valence-electron chi connectivity index (χ3n) is 4.76. The Labute approximate surface area is 166 Å². The van der Waals surface area contributed by atoms with E-state index in [4.69, 9.17) is 0 Å². The van der Waals surface area contributed by atoms with Gasteiger partial charge < -0.3 is 10.2 Å². The van der Waals surface area contributed by atoms with Crippen LogP contribution in [0, 0.1) is 5.82 Å². The van der Waals surface area contributed by atoms with Crippen molar-refractivity contribution in [2.45, 2.75) is 19.5 Å². The number of rotatable bonds is 4. The maximum absolute atomic E-state index is 13.0. The summed E-state index contributed by atoms with van der Waals surface area (Å²) in [6.07, 6.45) is 0.754. The number of halogens is 1. The number of thiophene rings is 1. The van der Waals surface area contributed by atoms with Crippen LogP contribution in [0.15, 0.2) is 60.7 Å². The molecule has 3 aromatic rings. The third-order valence-corrected chi connectivity index (χ3v) is 6.00. The standard InChI is InChI=1S/C22H19FN2O2S/c23-18-8-6-15(7-9-18)13-24-21(26)20-12-17-14-25(11-10-19(17)28-20)22(27)16-4-2-1-3-5-16/h1-9,12H,10-11,13-14H2,(H,24,26). The number of carbonyl (C=O) groups is 2. The van der Waals surface area contributed by atoms with E-state index >= 15 is 0 Å². The van der Waals surface area contributed by atoms with Crippen molar-refractivity contribution in [2.24, 2.45) is 0 Å². The van der Waals surface area contributed by atoms with Crippen molar-refractivity contribution in [3.63, 3.8) is 0 Å². The first-order valence-electron chi connectivity index (χ1n) is 9.09. The molecule has 0 atom stereocenters. The Morgan fingerprint density at radius 3 is 2.57 bits per heavy atom. The first-order valence-corrected chi connectivity index (χ1v) is 9.90. The zero-order valence-corrected chi connectivity index (χ0v) is 16.0. The number of nitrogens with one attached hydrogen (secondary N) is 1. The molecule has 1 aromatic heterocycles. The summed E-state index contributed by atoms with van der Waals surface area (Å²) in [5.74, 6) is -0.431. The fourth-order valence-electron chi connectivity index (χ4n) is 3.25. The van der Waals surface area contributed by atoms with Crippen LogP contribution in [0.1, 0.15) is 36.0 Å². The molecule has 1 N–H and O–H groups in total. The van der Waals surface area contributed by atoms with E-state index in [9.17, 15) is 14.0 Å². The number of amides is 2. The van der Waals surface area contributed by atoms with Gasteiger partial charge in [-0.05, 0) is 47.9 Å². The molecule has 0 saturated carbocycles. The van der Waals surface area contributed by atoms with E-state index in [1.807, 2.05) is 41.3 Å². The Kier molecular flexibility index (Phi) is 5.21. The fourth-order valence-corrected chi connectivity index (χ4v) is 4.33. The monoisotopic (exact) mass is 394 g/mol. The molecule has 0 radical (unpaired) electrons.